The minimum atomic E-state index is -4.45. The standard InChI is InChI=1S/C11H10F3NOS/c1-7(16-10(17)15-2)8-5-3-4-6-9(8)11(12,13)14/h3-6H,1H2,2H3,(H,15,17). The third kappa shape index (κ3) is 3.45. The van der Waals surface area contributed by atoms with Gasteiger partial charge < -0.3 is 10.1 Å². The number of halogens is 3. The van der Waals surface area contributed by atoms with Gasteiger partial charge in [-0.15, -0.1) is 0 Å². The van der Waals surface area contributed by atoms with E-state index in [0.29, 0.717) is 0 Å². The number of benzene rings is 1. The Balaban J connectivity index is 3.06. The molecule has 0 saturated heterocycles. The summed E-state index contributed by atoms with van der Waals surface area (Å²) in [5.41, 5.74) is -0.929. The Morgan fingerprint density at radius 1 is 1.35 bits per heavy atom. The first-order valence-corrected chi connectivity index (χ1v) is 5.02. The van der Waals surface area contributed by atoms with Crippen LogP contribution < -0.4 is 5.32 Å². The number of nitrogens with one attached hydrogen (secondary N) is 1. The van der Waals surface area contributed by atoms with E-state index in [9.17, 15) is 13.2 Å². The van der Waals surface area contributed by atoms with Gasteiger partial charge in [-0.05, 0) is 18.3 Å². The Bertz CT molecular complexity index is 443. The number of thiocarbonyl (C=S) groups is 1. The first-order chi connectivity index (χ1) is 7.86. The molecule has 0 spiro atoms. The van der Waals surface area contributed by atoms with Gasteiger partial charge in [0.25, 0.3) is 5.17 Å². The average Bonchev–Trinajstić information content (AvgIpc) is 2.27. The largest absolute Gasteiger partial charge is 0.432 e. The second-order valence-corrected chi connectivity index (χ2v) is 3.48. The summed E-state index contributed by atoms with van der Waals surface area (Å²) in [5, 5.41) is 2.46. The third-order valence-corrected chi connectivity index (χ3v) is 2.24. The minimum absolute atomic E-state index is 0.0352. The van der Waals surface area contributed by atoms with Crippen molar-refractivity contribution in [2.24, 2.45) is 0 Å². The molecule has 0 aliphatic heterocycles. The number of ether oxygens (including phenoxy) is 1. The molecule has 0 fully saturated rings. The van der Waals surface area contributed by atoms with E-state index in [1.807, 2.05) is 0 Å². The van der Waals surface area contributed by atoms with Crippen LogP contribution >= 0.6 is 12.2 Å². The molecule has 1 rings (SSSR count). The summed E-state index contributed by atoms with van der Waals surface area (Å²) in [6.45, 7) is 3.44. The number of hydrogen-bond acceptors (Lipinski definition) is 2. The SMILES string of the molecule is C=C(OC(=S)NC)c1ccccc1C(F)(F)F. The molecule has 0 saturated carbocycles. The van der Waals surface area contributed by atoms with Gasteiger partial charge in [0.1, 0.15) is 5.76 Å². The molecule has 0 radical (unpaired) electrons. The summed E-state index contributed by atoms with van der Waals surface area (Å²) in [4.78, 5) is 0. The molecule has 0 aliphatic rings. The highest BCUT2D eigenvalue weighted by Crippen LogP contribution is 2.34. The van der Waals surface area contributed by atoms with Gasteiger partial charge >= 0.3 is 6.18 Å². The molecule has 0 unspecified atom stereocenters. The summed E-state index contributed by atoms with van der Waals surface area (Å²) in [5.74, 6) is -0.141. The zero-order chi connectivity index (χ0) is 13.1. The molecule has 0 atom stereocenters. The summed E-state index contributed by atoms with van der Waals surface area (Å²) in [7, 11) is 1.51. The Hall–Kier alpha value is -1.56. The zero-order valence-corrected chi connectivity index (χ0v) is 9.78. The lowest BCUT2D eigenvalue weighted by Crippen LogP contribution is -2.19. The summed E-state index contributed by atoms with van der Waals surface area (Å²) in [6.07, 6.45) is -4.45. The number of rotatable bonds is 2. The van der Waals surface area contributed by atoms with Crippen molar-refractivity contribution in [3.63, 3.8) is 0 Å². The summed E-state index contributed by atoms with van der Waals surface area (Å²) in [6, 6.07) is 5.02. The van der Waals surface area contributed by atoms with Crippen LogP contribution in [0.2, 0.25) is 0 Å². The Labute approximate surface area is 102 Å². The fraction of sp³-hybridized carbons (Fsp3) is 0.182. The van der Waals surface area contributed by atoms with Crippen LogP contribution in [0.3, 0.4) is 0 Å². The van der Waals surface area contributed by atoms with E-state index in [-0.39, 0.29) is 16.5 Å². The van der Waals surface area contributed by atoms with Gasteiger partial charge in [0.2, 0.25) is 0 Å². The van der Waals surface area contributed by atoms with Crippen LogP contribution in [0.1, 0.15) is 11.1 Å². The van der Waals surface area contributed by atoms with E-state index in [4.69, 9.17) is 17.0 Å². The van der Waals surface area contributed by atoms with Crippen molar-refractivity contribution >= 4 is 23.2 Å². The first kappa shape index (κ1) is 13.5. The topological polar surface area (TPSA) is 21.3 Å². The summed E-state index contributed by atoms with van der Waals surface area (Å²) >= 11 is 4.69. The molecule has 0 aromatic heterocycles. The van der Waals surface area contributed by atoms with Crippen molar-refractivity contribution in [2.45, 2.75) is 6.18 Å². The van der Waals surface area contributed by atoms with E-state index < -0.39 is 11.7 Å². The highest BCUT2D eigenvalue weighted by molar-refractivity contribution is 7.80. The van der Waals surface area contributed by atoms with Crippen LogP contribution in [0.4, 0.5) is 13.2 Å². The molecule has 0 bridgehead atoms. The molecule has 6 heteroatoms. The molecule has 0 amide bonds. The van der Waals surface area contributed by atoms with E-state index in [2.05, 4.69) is 11.9 Å². The lowest BCUT2D eigenvalue weighted by atomic mass is 10.1. The molecule has 0 heterocycles. The van der Waals surface area contributed by atoms with E-state index in [1.165, 1.54) is 25.2 Å². The molecular formula is C11H10F3NOS. The van der Waals surface area contributed by atoms with Crippen LogP contribution in [-0.2, 0) is 10.9 Å². The fourth-order valence-corrected chi connectivity index (χ4v) is 1.29. The predicted octanol–water partition coefficient (Wildman–Crippen LogP) is 3.20. The smallest absolute Gasteiger partial charge is 0.417 e. The van der Waals surface area contributed by atoms with E-state index in [0.717, 1.165) is 6.07 Å². The lowest BCUT2D eigenvalue weighted by Gasteiger charge is -2.15. The van der Waals surface area contributed by atoms with Gasteiger partial charge in [-0.2, -0.15) is 13.2 Å². The predicted molar refractivity (Wildman–Crippen MR) is 63.2 cm³/mol. The second-order valence-electron chi connectivity index (χ2n) is 3.11. The molecule has 1 N–H and O–H groups in total. The van der Waals surface area contributed by atoms with Crippen LogP contribution in [0.5, 0.6) is 0 Å². The van der Waals surface area contributed by atoms with Gasteiger partial charge in [0.15, 0.2) is 0 Å². The van der Waals surface area contributed by atoms with Crippen molar-refractivity contribution < 1.29 is 17.9 Å². The minimum Gasteiger partial charge on any atom is -0.432 e. The monoisotopic (exact) mass is 261 g/mol. The normalized spacial score (nSPS) is 10.8. The highest BCUT2D eigenvalue weighted by atomic mass is 32.1. The molecule has 1 aromatic carbocycles. The number of hydrogen-bond donors (Lipinski definition) is 1. The Morgan fingerprint density at radius 2 is 1.94 bits per heavy atom. The highest BCUT2D eigenvalue weighted by Gasteiger charge is 2.34. The molecule has 17 heavy (non-hydrogen) atoms. The quantitative estimate of drug-likeness (QED) is 0.652. The second kappa shape index (κ2) is 5.18. The van der Waals surface area contributed by atoms with Gasteiger partial charge in [0, 0.05) is 12.6 Å². The van der Waals surface area contributed by atoms with Crippen molar-refractivity contribution in [3.05, 3.63) is 42.0 Å². The van der Waals surface area contributed by atoms with Crippen molar-refractivity contribution in [1.82, 2.24) is 5.32 Å². The molecule has 92 valence electrons. The molecular weight excluding hydrogens is 251 g/mol. The first-order valence-electron chi connectivity index (χ1n) is 4.61. The van der Waals surface area contributed by atoms with Crippen LogP contribution in [0.25, 0.3) is 5.76 Å². The zero-order valence-electron chi connectivity index (χ0n) is 8.97. The van der Waals surface area contributed by atoms with Gasteiger partial charge in [-0.3, -0.25) is 0 Å². The Morgan fingerprint density at radius 3 is 2.47 bits per heavy atom. The molecule has 2 nitrogen and oxygen atoms in total. The maximum atomic E-state index is 12.7. The van der Waals surface area contributed by atoms with Crippen LogP contribution in [-0.4, -0.2) is 12.2 Å². The molecule has 1 aromatic rings. The van der Waals surface area contributed by atoms with Crippen LogP contribution in [0, 0.1) is 0 Å². The van der Waals surface area contributed by atoms with Crippen molar-refractivity contribution in [3.8, 4) is 0 Å². The lowest BCUT2D eigenvalue weighted by molar-refractivity contribution is -0.137. The third-order valence-electron chi connectivity index (χ3n) is 1.95. The fourth-order valence-electron chi connectivity index (χ4n) is 1.19. The van der Waals surface area contributed by atoms with Crippen molar-refractivity contribution in [2.75, 3.05) is 7.05 Å². The summed E-state index contributed by atoms with van der Waals surface area (Å²) < 4.78 is 43.0. The van der Waals surface area contributed by atoms with Gasteiger partial charge in [-0.1, -0.05) is 24.8 Å². The van der Waals surface area contributed by atoms with E-state index >= 15 is 0 Å². The van der Waals surface area contributed by atoms with Gasteiger partial charge in [-0.25, -0.2) is 0 Å². The van der Waals surface area contributed by atoms with Crippen LogP contribution in [0.15, 0.2) is 30.8 Å². The van der Waals surface area contributed by atoms with E-state index in [1.54, 1.807) is 0 Å². The molecule has 0 aliphatic carbocycles. The maximum Gasteiger partial charge on any atom is 0.417 e. The Kier molecular flexibility index (Phi) is 4.11. The van der Waals surface area contributed by atoms with Gasteiger partial charge in [0.05, 0.1) is 5.56 Å². The average molecular weight is 261 g/mol. The maximum absolute atomic E-state index is 12.7. The number of alkyl halides is 3. The van der Waals surface area contributed by atoms with Crippen molar-refractivity contribution in [1.29, 1.82) is 0 Å².